The first kappa shape index (κ1) is 14.9. The van der Waals surface area contributed by atoms with Gasteiger partial charge in [-0.1, -0.05) is 11.8 Å². The zero-order valence-corrected chi connectivity index (χ0v) is 12.5. The molecule has 1 fully saturated rings. The van der Waals surface area contributed by atoms with Crippen molar-refractivity contribution in [2.24, 2.45) is 0 Å². The van der Waals surface area contributed by atoms with Crippen LogP contribution in [-0.2, 0) is 6.54 Å². The molecule has 0 aliphatic heterocycles. The molecule has 0 unspecified atom stereocenters. The van der Waals surface area contributed by atoms with E-state index < -0.39 is 0 Å². The maximum absolute atomic E-state index is 11.9. The van der Waals surface area contributed by atoms with Gasteiger partial charge in [-0.15, -0.1) is 11.3 Å². The molecule has 0 radical (unpaired) electrons. The van der Waals surface area contributed by atoms with E-state index in [1.807, 2.05) is 18.5 Å². The molecule has 0 aromatic carbocycles. The van der Waals surface area contributed by atoms with Gasteiger partial charge >= 0.3 is 6.03 Å². The van der Waals surface area contributed by atoms with Crippen LogP contribution < -0.4 is 5.32 Å². The van der Waals surface area contributed by atoms with E-state index in [4.69, 9.17) is 5.11 Å². The van der Waals surface area contributed by atoms with Gasteiger partial charge in [0.2, 0.25) is 0 Å². The van der Waals surface area contributed by atoms with Gasteiger partial charge in [-0.05, 0) is 25.3 Å². The van der Waals surface area contributed by atoms with E-state index in [0.29, 0.717) is 19.0 Å². The van der Waals surface area contributed by atoms with Gasteiger partial charge < -0.3 is 15.3 Å². The molecule has 2 N–H and O–H groups in total. The quantitative estimate of drug-likeness (QED) is 0.836. The van der Waals surface area contributed by atoms with E-state index >= 15 is 0 Å². The average molecular weight is 292 g/mol. The van der Waals surface area contributed by atoms with Gasteiger partial charge in [0.15, 0.2) is 0 Å². The third kappa shape index (κ3) is 4.26. The largest absolute Gasteiger partial charge is 0.395 e. The van der Waals surface area contributed by atoms with E-state index in [0.717, 1.165) is 23.3 Å². The molecule has 5 heteroatoms. The second kappa shape index (κ2) is 7.32. The summed E-state index contributed by atoms with van der Waals surface area (Å²) < 4.78 is 0. The first-order valence-electron chi connectivity index (χ1n) is 6.88. The molecular formula is C15H20N2O2S. The van der Waals surface area contributed by atoms with Crippen molar-refractivity contribution < 1.29 is 9.90 Å². The summed E-state index contributed by atoms with van der Waals surface area (Å²) in [4.78, 5) is 14.8. The first-order chi connectivity index (χ1) is 9.69. The lowest BCUT2D eigenvalue weighted by atomic mass is 9.93. The molecule has 2 amide bonds. The lowest BCUT2D eigenvalue weighted by Gasteiger charge is -2.28. The van der Waals surface area contributed by atoms with Crippen molar-refractivity contribution in [2.75, 3.05) is 13.7 Å². The number of aliphatic hydroxyl groups excluding tert-OH is 1. The summed E-state index contributed by atoms with van der Waals surface area (Å²) >= 11 is 1.61. The number of nitrogens with one attached hydrogen (secondary N) is 1. The number of carbonyl (C=O) groups is 1. The third-order valence-corrected chi connectivity index (χ3v) is 4.22. The minimum absolute atomic E-state index is 0.00369. The van der Waals surface area contributed by atoms with Crippen molar-refractivity contribution >= 4 is 17.4 Å². The van der Waals surface area contributed by atoms with Crippen LogP contribution in [0.25, 0.3) is 0 Å². The molecule has 0 spiro atoms. The fraction of sp³-hybridized carbons (Fsp3) is 0.533. The fourth-order valence-corrected chi connectivity index (χ4v) is 2.76. The van der Waals surface area contributed by atoms with Crippen LogP contribution in [0.2, 0.25) is 0 Å². The number of urea groups is 1. The van der Waals surface area contributed by atoms with E-state index in [9.17, 15) is 4.79 Å². The minimum atomic E-state index is -0.00369. The van der Waals surface area contributed by atoms with Gasteiger partial charge in [0, 0.05) is 35.3 Å². The van der Waals surface area contributed by atoms with E-state index in [1.165, 1.54) is 6.42 Å². The van der Waals surface area contributed by atoms with Gasteiger partial charge in [-0.2, -0.15) is 0 Å². The number of hydrogen-bond donors (Lipinski definition) is 2. The number of hydrogen-bond acceptors (Lipinski definition) is 3. The van der Waals surface area contributed by atoms with E-state index in [-0.39, 0.29) is 12.6 Å². The highest BCUT2D eigenvalue weighted by Gasteiger charge is 2.21. The van der Waals surface area contributed by atoms with Crippen LogP contribution in [0.4, 0.5) is 4.79 Å². The third-order valence-electron chi connectivity index (χ3n) is 3.30. The smallest absolute Gasteiger partial charge is 0.317 e. The Balaban J connectivity index is 1.83. The summed E-state index contributed by atoms with van der Waals surface area (Å²) in [5.74, 6) is 5.90. The Morgan fingerprint density at radius 1 is 1.60 bits per heavy atom. The highest BCUT2D eigenvalue weighted by molar-refractivity contribution is 7.10. The normalized spacial score (nSPS) is 14.1. The number of rotatable bonds is 4. The highest BCUT2D eigenvalue weighted by Crippen LogP contribution is 2.19. The van der Waals surface area contributed by atoms with Crippen molar-refractivity contribution in [3.05, 3.63) is 21.9 Å². The van der Waals surface area contributed by atoms with Crippen LogP contribution in [0.15, 0.2) is 11.4 Å². The van der Waals surface area contributed by atoms with Crippen LogP contribution in [0, 0.1) is 11.8 Å². The average Bonchev–Trinajstić information content (AvgIpc) is 2.81. The zero-order chi connectivity index (χ0) is 14.4. The van der Waals surface area contributed by atoms with Crippen molar-refractivity contribution in [2.45, 2.75) is 38.3 Å². The Morgan fingerprint density at radius 2 is 2.40 bits per heavy atom. The summed E-state index contributed by atoms with van der Waals surface area (Å²) in [5.41, 5.74) is 0.950. The summed E-state index contributed by atoms with van der Waals surface area (Å²) in [5, 5.41) is 13.7. The second-order valence-electron chi connectivity index (χ2n) is 5.01. The molecule has 1 saturated carbocycles. The van der Waals surface area contributed by atoms with E-state index in [2.05, 4.69) is 17.2 Å². The molecule has 1 heterocycles. The summed E-state index contributed by atoms with van der Waals surface area (Å²) in [7, 11) is 1.81. The Kier molecular flexibility index (Phi) is 5.45. The summed E-state index contributed by atoms with van der Waals surface area (Å²) in [6, 6.07) is 2.37. The molecule has 1 aliphatic carbocycles. The van der Waals surface area contributed by atoms with Crippen LogP contribution in [0.5, 0.6) is 0 Å². The standard InChI is InChI=1S/C15H20N2O2S/c1-17(15(19)16-13-6-4-7-13)10-14-9-12(11-20-14)5-2-3-8-18/h9,11,13,18H,3-4,6-8,10H2,1H3,(H,16,19). The summed E-state index contributed by atoms with van der Waals surface area (Å²) in [6.45, 7) is 0.693. The molecule has 1 aromatic rings. The van der Waals surface area contributed by atoms with Gasteiger partial charge in [-0.3, -0.25) is 0 Å². The SMILES string of the molecule is CN(Cc1cc(C#CCCO)cs1)C(=O)NC1CCC1. The molecule has 4 nitrogen and oxygen atoms in total. The molecule has 2 rings (SSSR count). The molecule has 1 aliphatic rings. The van der Waals surface area contributed by atoms with Crippen LogP contribution in [0.1, 0.15) is 36.1 Å². The second-order valence-corrected chi connectivity index (χ2v) is 6.01. The maximum Gasteiger partial charge on any atom is 0.317 e. The molecule has 0 bridgehead atoms. The van der Waals surface area contributed by atoms with Crippen LogP contribution >= 0.6 is 11.3 Å². The molecule has 1 aromatic heterocycles. The minimum Gasteiger partial charge on any atom is -0.395 e. The molecule has 0 atom stereocenters. The van der Waals surface area contributed by atoms with Crippen molar-refractivity contribution in [3.63, 3.8) is 0 Å². The van der Waals surface area contributed by atoms with Crippen molar-refractivity contribution in [1.82, 2.24) is 10.2 Å². The highest BCUT2D eigenvalue weighted by atomic mass is 32.1. The Hall–Kier alpha value is -1.51. The van der Waals surface area contributed by atoms with Gasteiger partial charge in [0.25, 0.3) is 0 Å². The predicted molar refractivity (Wildman–Crippen MR) is 80.5 cm³/mol. The van der Waals surface area contributed by atoms with Crippen LogP contribution in [0.3, 0.4) is 0 Å². The monoisotopic (exact) mass is 292 g/mol. The van der Waals surface area contributed by atoms with Gasteiger partial charge in [-0.25, -0.2) is 4.79 Å². The molecular weight excluding hydrogens is 272 g/mol. The maximum atomic E-state index is 11.9. The number of nitrogens with zero attached hydrogens (tertiary/aromatic N) is 1. The fourth-order valence-electron chi connectivity index (χ4n) is 1.89. The van der Waals surface area contributed by atoms with Gasteiger partial charge in [0.05, 0.1) is 13.2 Å². The Bertz CT molecular complexity index is 511. The molecule has 20 heavy (non-hydrogen) atoms. The van der Waals surface area contributed by atoms with E-state index in [1.54, 1.807) is 16.2 Å². The number of aliphatic hydroxyl groups is 1. The number of amides is 2. The first-order valence-corrected chi connectivity index (χ1v) is 7.76. The number of carbonyl (C=O) groups excluding carboxylic acids is 1. The van der Waals surface area contributed by atoms with Gasteiger partial charge in [0.1, 0.15) is 0 Å². The lowest BCUT2D eigenvalue weighted by molar-refractivity contribution is 0.195. The Morgan fingerprint density at radius 3 is 3.05 bits per heavy atom. The predicted octanol–water partition coefficient (Wildman–Crippen LogP) is 2.18. The lowest BCUT2D eigenvalue weighted by Crippen LogP contribution is -2.45. The topological polar surface area (TPSA) is 52.6 Å². The van der Waals surface area contributed by atoms with Crippen LogP contribution in [-0.4, -0.2) is 35.7 Å². The molecule has 0 saturated heterocycles. The zero-order valence-electron chi connectivity index (χ0n) is 11.7. The van der Waals surface area contributed by atoms with Crippen molar-refractivity contribution in [3.8, 4) is 11.8 Å². The molecule has 108 valence electrons. The summed E-state index contributed by atoms with van der Waals surface area (Å²) in [6.07, 6.45) is 3.91. The number of thiophene rings is 1. The Labute approximate surface area is 123 Å². The van der Waals surface area contributed by atoms with Crippen molar-refractivity contribution in [1.29, 1.82) is 0 Å².